The van der Waals surface area contributed by atoms with Crippen LogP contribution in [0, 0.1) is 15.9 Å². The number of thioether (sulfide) groups is 1. The second-order valence-corrected chi connectivity index (χ2v) is 6.98. The molecule has 8 nitrogen and oxygen atoms in total. The molecule has 4 rings (SSSR count). The summed E-state index contributed by atoms with van der Waals surface area (Å²) in [7, 11) is 1.53. The Morgan fingerprint density at radius 1 is 1.18 bits per heavy atom. The Balaban J connectivity index is 1.78. The van der Waals surface area contributed by atoms with Crippen molar-refractivity contribution < 1.29 is 18.9 Å². The third-order valence-electron chi connectivity index (χ3n) is 4.25. The Hall–Kier alpha value is -3.53. The average molecular weight is 398 g/mol. The molecule has 2 aliphatic heterocycles. The minimum absolute atomic E-state index is 0.0907. The number of nitro benzene ring substituents is 1. The first-order valence-corrected chi connectivity index (χ1v) is 8.81. The number of halogens is 1. The molecule has 1 N–H and O–H groups in total. The summed E-state index contributed by atoms with van der Waals surface area (Å²) in [5.74, 6) is -1.37. The molecule has 2 amide bonds. The molecule has 0 aliphatic carbocycles. The summed E-state index contributed by atoms with van der Waals surface area (Å²) in [5.41, 5.74) is 1.15. The number of amidine groups is 1. The van der Waals surface area contributed by atoms with Gasteiger partial charge in [-0.15, -0.1) is 0 Å². The second kappa shape index (κ2) is 6.57. The van der Waals surface area contributed by atoms with E-state index in [0.29, 0.717) is 16.9 Å². The smallest absolute Gasteiger partial charge is 0.270 e. The van der Waals surface area contributed by atoms with Crippen LogP contribution in [0.4, 0.5) is 21.5 Å². The van der Waals surface area contributed by atoms with Gasteiger partial charge in [-0.05, 0) is 42.1 Å². The first-order chi connectivity index (χ1) is 13.3. The molecule has 2 aromatic carbocycles. The molecule has 2 heterocycles. The van der Waals surface area contributed by atoms with Crippen LogP contribution in [0.5, 0.6) is 0 Å². The van der Waals surface area contributed by atoms with Gasteiger partial charge in [0.05, 0.1) is 26.8 Å². The van der Waals surface area contributed by atoms with E-state index in [2.05, 4.69) is 10.3 Å². The Morgan fingerprint density at radius 3 is 2.57 bits per heavy atom. The molecule has 140 valence electrons. The van der Waals surface area contributed by atoms with Gasteiger partial charge in [0.1, 0.15) is 5.82 Å². The van der Waals surface area contributed by atoms with Gasteiger partial charge < -0.3 is 10.2 Å². The molecule has 10 heteroatoms. The molecule has 0 atom stereocenters. The summed E-state index contributed by atoms with van der Waals surface area (Å²) >= 11 is 0.957. The number of nitrogens with zero attached hydrogens (tertiary/aromatic N) is 3. The van der Waals surface area contributed by atoms with Gasteiger partial charge in [0.15, 0.2) is 5.17 Å². The molecular formula is C18H11FN4O4S. The largest absolute Gasteiger partial charge is 0.311 e. The van der Waals surface area contributed by atoms with Crippen LogP contribution in [0.2, 0.25) is 0 Å². The van der Waals surface area contributed by atoms with Crippen LogP contribution in [0.3, 0.4) is 0 Å². The average Bonchev–Trinajstić information content (AvgIpc) is 3.14. The lowest BCUT2D eigenvalue weighted by atomic mass is 10.1. The molecule has 0 unspecified atom stereocenters. The standard InChI is InChI=1S/C18H11FN4O4S/c1-22-13-7-6-11(23(26)27)8-12(13)14(17(22)25)15-16(24)21-18(28-15)20-10-4-2-9(19)3-5-10/h2-8H,1H3,(H,20,21,24)/b15-14-. The van der Waals surface area contributed by atoms with Gasteiger partial charge in [0.25, 0.3) is 17.5 Å². The Morgan fingerprint density at radius 2 is 1.89 bits per heavy atom. The third kappa shape index (κ3) is 2.93. The molecule has 1 saturated heterocycles. The number of amides is 2. The Labute approximate surface area is 161 Å². The van der Waals surface area contributed by atoms with Gasteiger partial charge in [0.2, 0.25) is 0 Å². The number of carbonyl (C=O) groups is 2. The van der Waals surface area contributed by atoms with Crippen molar-refractivity contribution in [1.29, 1.82) is 0 Å². The number of nitrogens with one attached hydrogen (secondary N) is 1. The summed E-state index contributed by atoms with van der Waals surface area (Å²) in [5, 5.41) is 13.9. The van der Waals surface area contributed by atoms with E-state index in [0.717, 1.165) is 11.8 Å². The van der Waals surface area contributed by atoms with Crippen LogP contribution in [-0.4, -0.2) is 29.0 Å². The van der Waals surface area contributed by atoms with Crippen molar-refractivity contribution in [3.8, 4) is 0 Å². The molecule has 2 aromatic rings. The van der Waals surface area contributed by atoms with Crippen molar-refractivity contribution >= 4 is 51.4 Å². The van der Waals surface area contributed by atoms with Crippen LogP contribution in [0.25, 0.3) is 5.57 Å². The second-order valence-electron chi connectivity index (χ2n) is 5.98. The maximum atomic E-state index is 13.0. The molecule has 1 fully saturated rings. The highest BCUT2D eigenvalue weighted by Crippen LogP contribution is 2.43. The molecule has 2 aliphatic rings. The number of non-ortho nitro benzene ring substituents is 1. The summed E-state index contributed by atoms with van der Waals surface area (Å²) in [6, 6.07) is 9.45. The van der Waals surface area contributed by atoms with E-state index in [1.165, 1.54) is 54.4 Å². The molecule has 0 radical (unpaired) electrons. The van der Waals surface area contributed by atoms with Crippen molar-refractivity contribution in [2.75, 3.05) is 11.9 Å². The maximum Gasteiger partial charge on any atom is 0.270 e. The zero-order valence-electron chi connectivity index (χ0n) is 14.3. The van der Waals surface area contributed by atoms with Gasteiger partial charge >= 0.3 is 0 Å². The molecule has 0 saturated carbocycles. The quantitative estimate of drug-likeness (QED) is 0.476. The van der Waals surface area contributed by atoms with E-state index in [-0.39, 0.29) is 21.3 Å². The number of anilines is 1. The van der Waals surface area contributed by atoms with E-state index in [4.69, 9.17) is 0 Å². The lowest BCUT2D eigenvalue weighted by Gasteiger charge is -2.08. The lowest BCUT2D eigenvalue weighted by molar-refractivity contribution is -0.384. The first kappa shape index (κ1) is 17.9. The molecule has 0 spiro atoms. The number of rotatable bonds is 2. The van der Waals surface area contributed by atoms with E-state index >= 15 is 0 Å². The molecule has 0 bridgehead atoms. The number of benzene rings is 2. The molecular weight excluding hydrogens is 387 g/mol. The summed E-state index contributed by atoms with van der Waals surface area (Å²) in [6.07, 6.45) is 0. The van der Waals surface area contributed by atoms with Crippen LogP contribution >= 0.6 is 11.8 Å². The predicted octanol–water partition coefficient (Wildman–Crippen LogP) is 2.97. The van der Waals surface area contributed by atoms with Gasteiger partial charge in [-0.25, -0.2) is 9.38 Å². The normalized spacial score (nSPS) is 19.9. The predicted molar refractivity (Wildman–Crippen MR) is 103 cm³/mol. The van der Waals surface area contributed by atoms with E-state index in [9.17, 15) is 24.1 Å². The Kier molecular flexibility index (Phi) is 4.19. The van der Waals surface area contributed by atoms with Crippen LogP contribution in [-0.2, 0) is 9.59 Å². The monoisotopic (exact) mass is 398 g/mol. The summed E-state index contributed by atoms with van der Waals surface area (Å²) in [4.78, 5) is 41.4. The third-order valence-corrected chi connectivity index (χ3v) is 5.23. The van der Waals surface area contributed by atoms with Crippen LogP contribution < -0.4 is 10.2 Å². The van der Waals surface area contributed by atoms with Crippen molar-refractivity contribution in [1.82, 2.24) is 5.32 Å². The van der Waals surface area contributed by atoms with Crippen molar-refractivity contribution in [2.24, 2.45) is 4.99 Å². The van der Waals surface area contributed by atoms with Gasteiger partial charge in [-0.3, -0.25) is 19.7 Å². The van der Waals surface area contributed by atoms with Gasteiger partial charge in [0, 0.05) is 24.7 Å². The van der Waals surface area contributed by atoms with E-state index in [1.54, 1.807) is 0 Å². The van der Waals surface area contributed by atoms with Crippen molar-refractivity contribution in [3.05, 3.63) is 68.9 Å². The van der Waals surface area contributed by atoms with Gasteiger partial charge in [-0.2, -0.15) is 0 Å². The summed E-state index contributed by atoms with van der Waals surface area (Å²) in [6.45, 7) is 0. The number of nitro groups is 1. The zero-order chi connectivity index (χ0) is 20.0. The fourth-order valence-electron chi connectivity index (χ4n) is 2.91. The number of aliphatic imine (C=N–C) groups is 1. The Bertz CT molecular complexity index is 1110. The SMILES string of the molecule is CN1C(=O)/C(=C2\SC(=Nc3ccc(F)cc3)NC2=O)c2cc([N+](=O)[O-])ccc21. The first-order valence-electron chi connectivity index (χ1n) is 8.00. The van der Waals surface area contributed by atoms with E-state index in [1.807, 2.05) is 0 Å². The lowest BCUT2D eigenvalue weighted by Crippen LogP contribution is -2.23. The van der Waals surface area contributed by atoms with E-state index < -0.39 is 22.6 Å². The fourth-order valence-corrected chi connectivity index (χ4v) is 3.84. The minimum atomic E-state index is -0.561. The molecule has 0 aromatic heterocycles. The highest BCUT2D eigenvalue weighted by Gasteiger charge is 2.38. The highest BCUT2D eigenvalue weighted by atomic mass is 32.2. The number of hydrogen-bond acceptors (Lipinski definition) is 6. The number of likely N-dealkylation sites (N-methyl/N-ethyl adjacent to an activating group) is 1. The van der Waals surface area contributed by atoms with Crippen LogP contribution in [0.15, 0.2) is 52.4 Å². The minimum Gasteiger partial charge on any atom is -0.311 e. The van der Waals surface area contributed by atoms with Crippen LogP contribution in [0.1, 0.15) is 5.56 Å². The topological polar surface area (TPSA) is 105 Å². The fraction of sp³-hybridized carbons (Fsp3) is 0.0556. The number of carbonyl (C=O) groups excluding carboxylic acids is 2. The zero-order valence-corrected chi connectivity index (χ0v) is 15.1. The molecule has 28 heavy (non-hydrogen) atoms. The van der Waals surface area contributed by atoms with Gasteiger partial charge in [-0.1, -0.05) is 0 Å². The summed E-state index contributed by atoms with van der Waals surface area (Å²) < 4.78 is 13.0. The number of fused-ring (bicyclic) bond motifs is 1. The maximum absolute atomic E-state index is 13.0. The van der Waals surface area contributed by atoms with Crippen molar-refractivity contribution in [2.45, 2.75) is 0 Å². The highest BCUT2D eigenvalue weighted by molar-refractivity contribution is 8.18. The van der Waals surface area contributed by atoms with Crippen molar-refractivity contribution in [3.63, 3.8) is 0 Å². The number of hydrogen-bond donors (Lipinski definition) is 1.